The van der Waals surface area contributed by atoms with E-state index in [1.165, 1.54) is 11.1 Å². The van der Waals surface area contributed by atoms with Gasteiger partial charge < -0.3 is 4.57 Å². The van der Waals surface area contributed by atoms with Gasteiger partial charge in [0, 0.05) is 36.8 Å². The van der Waals surface area contributed by atoms with Crippen LogP contribution in [0.2, 0.25) is 0 Å². The molecule has 3 nitrogen and oxygen atoms in total. The predicted octanol–water partition coefficient (Wildman–Crippen LogP) is 6.11. The van der Waals surface area contributed by atoms with E-state index >= 15 is 0 Å². The van der Waals surface area contributed by atoms with Crippen molar-refractivity contribution >= 4 is 0 Å². The summed E-state index contributed by atoms with van der Waals surface area (Å²) in [5.74, 6) is 0. The molecule has 150 valence electrons. The van der Waals surface area contributed by atoms with Crippen molar-refractivity contribution in [3.05, 3.63) is 113 Å². The van der Waals surface area contributed by atoms with Crippen molar-refractivity contribution in [2.45, 2.75) is 32.7 Å². The van der Waals surface area contributed by atoms with Gasteiger partial charge in [0.25, 0.3) is 5.56 Å². The summed E-state index contributed by atoms with van der Waals surface area (Å²) >= 11 is 0. The Kier molecular flexibility index (Phi) is 6.19. The van der Waals surface area contributed by atoms with Crippen molar-refractivity contribution in [3.63, 3.8) is 0 Å². The average Bonchev–Trinajstić information content (AvgIpc) is 3.04. The largest absolute Gasteiger partial charge is 0.315 e. The maximum absolute atomic E-state index is 12.9. The minimum absolute atomic E-state index is 0.0383. The van der Waals surface area contributed by atoms with Gasteiger partial charge in [-0.1, -0.05) is 65.8 Å². The van der Waals surface area contributed by atoms with E-state index < -0.39 is 0 Å². The van der Waals surface area contributed by atoms with Gasteiger partial charge in [-0.05, 0) is 55.0 Å². The number of rotatable bonds is 6. The molecule has 3 aromatic rings. The third kappa shape index (κ3) is 4.74. The lowest BCUT2D eigenvalue weighted by Crippen LogP contribution is -2.19. The van der Waals surface area contributed by atoms with E-state index in [9.17, 15) is 4.79 Å². The van der Waals surface area contributed by atoms with E-state index in [0.29, 0.717) is 6.54 Å². The van der Waals surface area contributed by atoms with Crippen LogP contribution < -0.4 is 5.56 Å². The molecule has 0 atom stereocenters. The number of benzene rings is 1. The molecule has 0 saturated heterocycles. The van der Waals surface area contributed by atoms with Crippen LogP contribution >= 0.6 is 0 Å². The normalized spacial score (nSPS) is 13.2. The van der Waals surface area contributed by atoms with Crippen LogP contribution in [0, 0.1) is 6.92 Å². The fraction of sp³-hybridized carbons (Fsp3) is 0.185. The van der Waals surface area contributed by atoms with Crippen molar-refractivity contribution in [1.29, 1.82) is 0 Å². The van der Waals surface area contributed by atoms with Gasteiger partial charge in [-0.3, -0.25) is 9.78 Å². The summed E-state index contributed by atoms with van der Waals surface area (Å²) in [7, 11) is 0. The van der Waals surface area contributed by atoms with Gasteiger partial charge in [0.1, 0.15) is 0 Å². The molecule has 0 aliphatic heterocycles. The van der Waals surface area contributed by atoms with Gasteiger partial charge in [-0.2, -0.15) is 0 Å². The second-order valence-electron chi connectivity index (χ2n) is 7.64. The highest BCUT2D eigenvalue weighted by molar-refractivity contribution is 5.82. The second kappa shape index (κ2) is 9.36. The highest BCUT2D eigenvalue weighted by Gasteiger charge is 2.11. The first-order valence-corrected chi connectivity index (χ1v) is 10.4. The number of aromatic nitrogens is 2. The van der Waals surface area contributed by atoms with Crippen LogP contribution in [0.4, 0.5) is 0 Å². The zero-order valence-corrected chi connectivity index (χ0v) is 17.3. The lowest BCUT2D eigenvalue weighted by molar-refractivity contribution is 0.624. The third-order valence-electron chi connectivity index (χ3n) is 5.38. The Morgan fingerprint density at radius 1 is 1.00 bits per heavy atom. The maximum atomic E-state index is 12.9. The summed E-state index contributed by atoms with van der Waals surface area (Å²) in [6.07, 6.45) is 19.2. The molecule has 4 rings (SSSR count). The van der Waals surface area contributed by atoms with Crippen LogP contribution in [0.3, 0.4) is 0 Å². The topological polar surface area (TPSA) is 34.9 Å². The molecule has 0 N–H and O–H groups in total. The van der Waals surface area contributed by atoms with Crippen molar-refractivity contribution in [2.75, 3.05) is 0 Å². The van der Waals surface area contributed by atoms with Crippen molar-refractivity contribution in [3.8, 4) is 22.3 Å². The van der Waals surface area contributed by atoms with Gasteiger partial charge >= 0.3 is 0 Å². The summed E-state index contributed by atoms with van der Waals surface area (Å²) in [5.41, 5.74) is 6.70. The molecule has 2 aromatic heterocycles. The van der Waals surface area contributed by atoms with Crippen molar-refractivity contribution < 1.29 is 0 Å². The lowest BCUT2D eigenvalue weighted by Gasteiger charge is -2.14. The molecular weight excluding hydrogens is 368 g/mol. The fourth-order valence-corrected chi connectivity index (χ4v) is 3.82. The Morgan fingerprint density at radius 3 is 2.70 bits per heavy atom. The van der Waals surface area contributed by atoms with E-state index in [1.54, 1.807) is 18.5 Å². The maximum Gasteiger partial charge on any atom is 0.251 e. The molecule has 1 aromatic carbocycles. The molecule has 2 heterocycles. The smallest absolute Gasteiger partial charge is 0.251 e. The molecule has 0 unspecified atom stereocenters. The number of hydrogen-bond acceptors (Lipinski definition) is 2. The molecule has 0 saturated carbocycles. The Balaban J connectivity index is 1.65. The quantitative estimate of drug-likeness (QED) is 0.506. The molecule has 3 heteroatoms. The first-order chi connectivity index (χ1) is 14.7. The monoisotopic (exact) mass is 394 g/mol. The van der Waals surface area contributed by atoms with Crippen molar-refractivity contribution in [2.24, 2.45) is 0 Å². The van der Waals surface area contributed by atoms with Gasteiger partial charge in [0.15, 0.2) is 0 Å². The average molecular weight is 395 g/mol. The number of nitrogens with zero attached hydrogens (tertiary/aromatic N) is 2. The first-order valence-electron chi connectivity index (χ1n) is 10.4. The molecule has 0 radical (unpaired) electrons. The Bertz CT molecular complexity index is 1170. The van der Waals surface area contributed by atoms with Crippen molar-refractivity contribution in [1.82, 2.24) is 9.55 Å². The van der Waals surface area contributed by atoms with Crippen LogP contribution in [-0.4, -0.2) is 9.55 Å². The predicted molar refractivity (Wildman–Crippen MR) is 124 cm³/mol. The number of pyridine rings is 2. The highest BCUT2D eigenvalue weighted by atomic mass is 16.1. The van der Waals surface area contributed by atoms with Crippen LogP contribution in [-0.2, 0) is 6.54 Å². The Labute approximate surface area is 177 Å². The third-order valence-corrected chi connectivity index (χ3v) is 5.38. The number of aryl methyl sites for hydroxylation is 2. The molecular formula is C27H26N2O. The highest BCUT2D eigenvalue weighted by Crippen LogP contribution is 2.31. The Morgan fingerprint density at radius 2 is 1.87 bits per heavy atom. The van der Waals surface area contributed by atoms with Gasteiger partial charge in [0.2, 0.25) is 0 Å². The summed E-state index contributed by atoms with van der Waals surface area (Å²) in [6.45, 7) is 2.77. The van der Waals surface area contributed by atoms with E-state index in [-0.39, 0.29) is 5.56 Å². The van der Waals surface area contributed by atoms with E-state index in [0.717, 1.165) is 41.5 Å². The number of allylic oxidation sites excluding steroid dienone is 6. The first kappa shape index (κ1) is 19.8. The summed E-state index contributed by atoms with van der Waals surface area (Å²) in [6, 6.07) is 14.1. The SMILES string of the molecule is Cc1cccc(-c2cc(=O)n(CCCC3=CCC=CC=C3)cc2-c2ccncc2)c1. The molecule has 0 spiro atoms. The zero-order chi connectivity index (χ0) is 20.8. The molecule has 30 heavy (non-hydrogen) atoms. The molecule has 0 bridgehead atoms. The summed E-state index contributed by atoms with van der Waals surface area (Å²) in [4.78, 5) is 17.1. The second-order valence-corrected chi connectivity index (χ2v) is 7.64. The van der Waals surface area contributed by atoms with E-state index in [2.05, 4.69) is 60.5 Å². The molecule has 1 aliphatic carbocycles. The number of hydrogen-bond donors (Lipinski definition) is 0. The Hall–Kier alpha value is -3.46. The molecule has 0 fully saturated rings. The molecule has 1 aliphatic rings. The van der Waals surface area contributed by atoms with Crippen LogP contribution in [0.25, 0.3) is 22.3 Å². The lowest BCUT2D eigenvalue weighted by atomic mass is 9.96. The summed E-state index contributed by atoms with van der Waals surface area (Å²) in [5, 5.41) is 0. The van der Waals surface area contributed by atoms with E-state index in [4.69, 9.17) is 0 Å². The van der Waals surface area contributed by atoms with Crippen LogP contribution in [0.1, 0.15) is 24.8 Å². The standard InChI is InChI=1S/C27H26N2O/c1-21-8-6-12-24(18-21)25-19-27(30)29(20-26(25)23-13-15-28-16-14-23)17-7-11-22-9-4-2-3-5-10-22/h2-4,6,8-10,12-16,18-20H,5,7,11,17H2,1H3. The van der Waals surface area contributed by atoms with Crippen LogP contribution in [0.15, 0.2) is 102 Å². The van der Waals surface area contributed by atoms with E-state index in [1.807, 2.05) is 29.0 Å². The van der Waals surface area contributed by atoms with Gasteiger partial charge in [-0.25, -0.2) is 0 Å². The summed E-state index contributed by atoms with van der Waals surface area (Å²) < 4.78 is 1.84. The molecule has 0 amide bonds. The minimum atomic E-state index is 0.0383. The fourth-order valence-electron chi connectivity index (χ4n) is 3.82. The minimum Gasteiger partial charge on any atom is -0.315 e. The van der Waals surface area contributed by atoms with Crippen LogP contribution in [0.5, 0.6) is 0 Å². The van der Waals surface area contributed by atoms with Gasteiger partial charge in [-0.15, -0.1) is 0 Å². The zero-order valence-electron chi connectivity index (χ0n) is 17.3. The van der Waals surface area contributed by atoms with Gasteiger partial charge in [0.05, 0.1) is 0 Å².